The molecule has 1 N–H and O–H groups in total. The molecule has 5 rings (SSSR count). The molecule has 1 aliphatic heterocycles. The molecule has 1 aliphatic rings. The fraction of sp³-hybridized carbons (Fsp3) is 0.267. The number of anilines is 1. The van der Waals surface area contributed by atoms with Crippen molar-refractivity contribution < 1.29 is 0 Å². The van der Waals surface area contributed by atoms with E-state index in [1.54, 1.807) is 0 Å². The number of aryl methyl sites for hydroxylation is 4. The maximum atomic E-state index is 5.94. The van der Waals surface area contributed by atoms with E-state index in [0.717, 1.165) is 22.9 Å². The van der Waals surface area contributed by atoms with Crippen molar-refractivity contribution in [1.82, 2.24) is 14.9 Å². The second-order valence-electron chi connectivity index (χ2n) is 9.43. The molecular formula is C30H32N4S. The van der Waals surface area contributed by atoms with Gasteiger partial charge in [0.15, 0.2) is 5.11 Å². The maximum Gasteiger partial charge on any atom is 0.174 e. The lowest BCUT2D eigenvalue weighted by atomic mass is 9.96. The summed E-state index contributed by atoms with van der Waals surface area (Å²) in [5.41, 5.74) is 11.0. The molecule has 0 unspecified atom stereocenters. The third-order valence-corrected chi connectivity index (χ3v) is 7.41. The Labute approximate surface area is 213 Å². The zero-order valence-electron chi connectivity index (χ0n) is 21.0. The first-order valence-corrected chi connectivity index (χ1v) is 12.7. The number of pyridine rings is 1. The average molecular weight is 481 g/mol. The number of benzene rings is 2. The molecule has 0 spiro atoms. The van der Waals surface area contributed by atoms with Gasteiger partial charge in [-0.3, -0.25) is 4.98 Å². The minimum atomic E-state index is -0.0549. The van der Waals surface area contributed by atoms with Crippen molar-refractivity contribution in [3.63, 3.8) is 0 Å². The second kappa shape index (κ2) is 9.31. The van der Waals surface area contributed by atoms with E-state index >= 15 is 0 Å². The first-order chi connectivity index (χ1) is 16.9. The van der Waals surface area contributed by atoms with Crippen LogP contribution < -0.4 is 10.2 Å². The fourth-order valence-corrected chi connectivity index (χ4v) is 5.83. The number of hydrogen-bond donors (Lipinski definition) is 1. The van der Waals surface area contributed by atoms with Crippen LogP contribution in [0, 0.1) is 27.7 Å². The number of para-hydroxylation sites is 1. The lowest BCUT2D eigenvalue weighted by molar-refractivity contribution is 0.565. The van der Waals surface area contributed by atoms with Crippen LogP contribution in [0.25, 0.3) is 5.69 Å². The van der Waals surface area contributed by atoms with Gasteiger partial charge < -0.3 is 14.8 Å². The number of thiocarbonyl (C=S) groups is 1. The molecule has 0 saturated carbocycles. The van der Waals surface area contributed by atoms with Gasteiger partial charge in [0.2, 0.25) is 0 Å². The summed E-state index contributed by atoms with van der Waals surface area (Å²) in [5, 5.41) is 4.33. The van der Waals surface area contributed by atoms with Crippen LogP contribution in [0.4, 0.5) is 5.69 Å². The second-order valence-corrected chi connectivity index (χ2v) is 9.82. The van der Waals surface area contributed by atoms with Crippen LogP contribution in [-0.2, 0) is 6.42 Å². The number of rotatable bonds is 5. The van der Waals surface area contributed by atoms with Crippen molar-refractivity contribution in [2.45, 2.75) is 53.1 Å². The van der Waals surface area contributed by atoms with Crippen molar-refractivity contribution in [2.24, 2.45) is 0 Å². The van der Waals surface area contributed by atoms with Crippen LogP contribution in [0.1, 0.15) is 58.3 Å². The van der Waals surface area contributed by atoms with Crippen LogP contribution in [0.3, 0.4) is 0 Å². The van der Waals surface area contributed by atoms with E-state index < -0.39 is 0 Å². The Morgan fingerprint density at radius 2 is 1.74 bits per heavy atom. The lowest BCUT2D eigenvalue weighted by Gasteiger charge is -2.28. The van der Waals surface area contributed by atoms with Crippen LogP contribution >= 0.6 is 12.2 Å². The molecule has 35 heavy (non-hydrogen) atoms. The standard InChI is InChI=1S/C30H32N4S/c1-6-23-13-10-12-20(3)28(23)33-21(4)18-25(22(33)5)29-27(26-15-7-8-16-31-26)32-30(35)34(29)24-14-9-11-19(2)17-24/h7-18,27,29H,6H2,1-5H3,(H,32,35)/t27-,29-/m0/s1. The molecule has 178 valence electrons. The van der Waals surface area contributed by atoms with E-state index in [1.165, 1.54) is 39.3 Å². The van der Waals surface area contributed by atoms with Crippen molar-refractivity contribution in [1.29, 1.82) is 0 Å². The van der Waals surface area contributed by atoms with Gasteiger partial charge in [-0.1, -0.05) is 43.3 Å². The Bertz CT molecular complexity index is 1390. The molecule has 3 heterocycles. The van der Waals surface area contributed by atoms with E-state index in [2.05, 4.69) is 104 Å². The van der Waals surface area contributed by atoms with Gasteiger partial charge in [0.05, 0.1) is 23.5 Å². The summed E-state index contributed by atoms with van der Waals surface area (Å²) < 4.78 is 2.43. The largest absolute Gasteiger partial charge is 0.351 e. The summed E-state index contributed by atoms with van der Waals surface area (Å²) in [6.45, 7) is 11.0. The number of aromatic nitrogens is 2. The topological polar surface area (TPSA) is 33.1 Å². The molecule has 1 fully saturated rings. The lowest BCUT2D eigenvalue weighted by Crippen LogP contribution is -2.29. The third kappa shape index (κ3) is 4.04. The zero-order chi connectivity index (χ0) is 24.7. The van der Waals surface area contributed by atoms with Gasteiger partial charge in [-0.25, -0.2) is 0 Å². The minimum Gasteiger partial charge on any atom is -0.351 e. The van der Waals surface area contributed by atoms with Crippen molar-refractivity contribution in [2.75, 3.05) is 4.90 Å². The molecule has 2 atom stereocenters. The Kier molecular flexibility index (Phi) is 6.20. The fourth-order valence-electron chi connectivity index (χ4n) is 5.48. The van der Waals surface area contributed by atoms with Crippen LogP contribution in [0.2, 0.25) is 0 Å². The van der Waals surface area contributed by atoms with Gasteiger partial charge in [-0.2, -0.15) is 0 Å². The third-order valence-electron chi connectivity index (χ3n) is 7.09. The van der Waals surface area contributed by atoms with Gasteiger partial charge in [0, 0.05) is 23.3 Å². The zero-order valence-corrected chi connectivity index (χ0v) is 21.9. The van der Waals surface area contributed by atoms with E-state index in [1.807, 2.05) is 18.3 Å². The SMILES string of the molecule is CCc1cccc(C)c1-n1c(C)cc([C@H]2[C@H](c3ccccn3)NC(=S)N2c2cccc(C)c2)c1C. The molecule has 0 radical (unpaired) electrons. The Morgan fingerprint density at radius 3 is 2.46 bits per heavy atom. The summed E-state index contributed by atoms with van der Waals surface area (Å²) in [6, 6.07) is 23.5. The molecule has 2 aromatic carbocycles. The summed E-state index contributed by atoms with van der Waals surface area (Å²) >= 11 is 5.94. The predicted molar refractivity (Wildman–Crippen MR) is 148 cm³/mol. The van der Waals surface area contributed by atoms with Crippen molar-refractivity contribution in [3.05, 3.63) is 112 Å². The number of hydrogen-bond acceptors (Lipinski definition) is 2. The molecular weight excluding hydrogens is 448 g/mol. The first kappa shape index (κ1) is 23.3. The summed E-state index contributed by atoms with van der Waals surface area (Å²) in [5.74, 6) is 0. The molecule has 4 nitrogen and oxygen atoms in total. The molecule has 1 saturated heterocycles. The van der Waals surface area contributed by atoms with Gasteiger partial charge in [0.25, 0.3) is 0 Å². The predicted octanol–water partition coefficient (Wildman–Crippen LogP) is 6.85. The van der Waals surface area contributed by atoms with Crippen LogP contribution in [-0.4, -0.2) is 14.7 Å². The highest BCUT2D eigenvalue weighted by Crippen LogP contribution is 2.44. The Balaban J connectivity index is 1.72. The van der Waals surface area contributed by atoms with Crippen molar-refractivity contribution >= 4 is 23.0 Å². The van der Waals surface area contributed by atoms with E-state index in [0.29, 0.717) is 0 Å². The smallest absolute Gasteiger partial charge is 0.174 e. The van der Waals surface area contributed by atoms with Gasteiger partial charge >= 0.3 is 0 Å². The quantitative estimate of drug-likeness (QED) is 0.317. The number of nitrogens with one attached hydrogen (secondary N) is 1. The van der Waals surface area contributed by atoms with E-state index in [-0.39, 0.29) is 12.1 Å². The summed E-state index contributed by atoms with van der Waals surface area (Å²) in [4.78, 5) is 6.99. The molecule has 5 heteroatoms. The van der Waals surface area contributed by atoms with Gasteiger partial charge in [-0.05, 0) is 98.9 Å². The highest BCUT2D eigenvalue weighted by molar-refractivity contribution is 7.80. The molecule has 0 aliphatic carbocycles. The van der Waals surface area contributed by atoms with Gasteiger partial charge in [0.1, 0.15) is 0 Å². The molecule has 2 aromatic heterocycles. The van der Waals surface area contributed by atoms with E-state index in [4.69, 9.17) is 17.2 Å². The average Bonchev–Trinajstić information content (AvgIpc) is 3.34. The number of nitrogens with zero attached hydrogens (tertiary/aromatic N) is 3. The first-order valence-electron chi connectivity index (χ1n) is 12.3. The molecule has 0 amide bonds. The highest BCUT2D eigenvalue weighted by Gasteiger charge is 2.42. The van der Waals surface area contributed by atoms with Crippen LogP contribution in [0.15, 0.2) is 72.9 Å². The van der Waals surface area contributed by atoms with Gasteiger partial charge in [-0.15, -0.1) is 0 Å². The summed E-state index contributed by atoms with van der Waals surface area (Å²) in [6.07, 6.45) is 2.85. The normalized spacial score (nSPS) is 17.6. The molecule has 4 aromatic rings. The highest BCUT2D eigenvalue weighted by atomic mass is 32.1. The summed E-state index contributed by atoms with van der Waals surface area (Å²) in [7, 11) is 0. The van der Waals surface area contributed by atoms with Crippen LogP contribution in [0.5, 0.6) is 0 Å². The monoisotopic (exact) mass is 480 g/mol. The molecule has 0 bridgehead atoms. The Hall–Kier alpha value is -3.44. The van der Waals surface area contributed by atoms with E-state index in [9.17, 15) is 0 Å². The minimum absolute atomic E-state index is 0.0201. The Morgan fingerprint density at radius 1 is 0.943 bits per heavy atom. The maximum absolute atomic E-state index is 5.94. The van der Waals surface area contributed by atoms with Crippen molar-refractivity contribution in [3.8, 4) is 5.69 Å².